The van der Waals surface area contributed by atoms with Crippen molar-refractivity contribution in [3.05, 3.63) is 60.2 Å². The monoisotopic (exact) mass is 252 g/mol. The van der Waals surface area contributed by atoms with Crippen LogP contribution < -0.4 is 4.90 Å². The topological polar surface area (TPSA) is 41.9 Å². The predicted molar refractivity (Wildman–Crippen MR) is 73.6 cm³/mol. The molecule has 19 heavy (non-hydrogen) atoms. The number of carbonyl (C=O) groups excluding carboxylic acids is 1. The van der Waals surface area contributed by atoms with E-state index < -0.39 is 0 Å². The summed E-state index contributed by atoms with van der Waals surface area (Å²) >= 11 is 0. The van der Waals surface area contributed by atoms with Crippen LogP contribution in [0.1, 0.15) is 5.56 Å². The van der Waals surface area contributed by atoms with Crippen molar-refractivity contribution in [1.82, 2.24) is 0 Å². The van der Waals surface area contributed by atoms with E-state index in [4.69, 9.17) is 4.84 Å². The standard InChI is InChI=1S/C15H12N2O2/c1-19-16-14-12-9-5-6-10-13(12)17(15(14)18)11-7-3-2-4-8-11/h2-10H,1H3. The minimum Gasteiger partial charge on any atom is -0.398 e. The van der Waals surface area contributed by atoms with Crippen molar-refractivity contribution in [2.24, 2.45) is 5.16 Å². The molecule has 4 nitrogen and oxygen atoms in total. The zero-order valence-corrected chi connectivity index (χ0v) is 10.4. The molecule has 3 rings (SSSR count). The third-order valence-electron chi connectivity index (χ3n) is 3.00. The summed E-state index contributed by atoms with van der Waals surface area (Å²) in [5.74, 6) is -0.172. The summed E-state index contributed by atoms with van der Waals surface area (Å²) in [5, 5.41) is 3.85. The molecule has 0 N–H and O–H groups in total. The molecule has 2 aromatic carbocycles. The number of fused-ring (bicyclic) bond motifs is 1. The molecule has 0 saturated heterocycles. The Bertz CT molecular complexity index is 650. The Hall–Kier alpha value is -2.62. The molecular formula is C15H12N2O2. The van der Waals surface area contributed by atoms with Crippen LogP contribution in [0.4, 0.5) is 11.4 Å². The second kappa shape index (κ2) is 4.57. The largest absolute Gasteiger partial charge is 0.398 e. The molecule has 0 unspecified atom stereocenters. The van der Waals surface area contributed by atoms with Gasteiger partial charge in [-0.05, 0) is 18.2 Å². The Morgan fingerprint density at radius 3 is 2.42 bits per heavy atom. The van der Waals surface area contributed by atoms with Crippen molar-refractivity contribution in [2.45, 2.75) is 0 Å². The second-order valence-electron chi connectivity index (χ2n) is 4.12. The highest BCUT2D eigenvalue weighted by Crippen LogP contribution is 2.35. The van der Waals surface area contributed by atoms with E-state index in [9.17, 15) is 4.79 Å². The van der Waals surface area contributed by atoms with Crippen molar-refractivity contribution >= 4 is 23.0 Å². The molecule has 4 heteroatoms. The number of rotatable bonds is 2. The van der Waals surface area contributed by atoms with Gasteiger partial charge in [0.1, 0.15) is 7.11 Å². The maximum atomic E-state index is 12.5. The molecule has 1 aliphatic heterocycles. The van der Waals surface area contributed by atoms with Crippen LogP contribution in [0.25, 0.3) is 0 Å². The second-order valence-corrected chi connectivity index (χ2v) is 4.12. The van der Waals surface area contributed by atoms with Gasteiger partial charge < -0.3 is 4.84 Å². The third kappa shape index (κ3) is 1.78. The Kier molecular flexibility index (Phi) is 2.76. The number of para-hydroxylation sites is 2. The number of oxime groups is 1. The number of hydrogen-bond acceptors (Lipinski definition) is 3. The minimum absolute atomic E-state index is 0.172. The normalized spacial score (nSPS) is 15.7. The van der Waals surface area contributed by atoms with Crippen molar-refractivity contribution < 1.29 is 9.63 Å². The Morgan fingerprint density at radius 2 is 1.68 bits per heavy atom. The maximum absolute atomic E-state index is 12.5. The van der Waals surface area contributed by atoms with E-state index in [1.807, 2.05) is 54.6 Å². The smallest absolute Gasteiger partial charge is 0.285 e. The molecule has 0 bridgehead atoms. The van der Waals surface area contributed by atoms with Crippen molar-refractivity contribution in [3.63, 3.8) is 0 Å². The van der Waals surface area contributed by atoms with Crippen LogP contribution in [0.5, 0.6) is 0 Å². The van der Waals surface area contributed by atoms with E-state index in [2.05, 4.69) is 5.16 Å². The fourth-order valence-electron chi connectivity index (χ4n) is 2.21. The molecule has 1 aliphatic rings. The lowest BCUT2D eigenvalue weighted by Crippen LogP contribution is -2.25. The van der Waals surface area contributed by atoms with Crippen LogP contribution in [0, 0.1) is 0 Å². The summed E-state index contributed by atoms with van der Waals surface area (Å²) < 4.78 is 0. The van der Waals surface area contributed by atoms with E-state index >= 15 is 0 Å². The van der Waals surface area contributed by atoms with Gasteiger partial charge in [0.25, 0.3) is 5.91 Å². The van der Waals surface area contributed by atoms with Gasteiger partial charge in [0.15, 0.2) is 5.71 Å². The average Bonchev–Trinajstić information content (AvgIpc) is 2.73. The molecule has 1 heterocycles. The molecule has 0 saturated carbocycles. The third-order valence-corrected chi connectivity index (χ3v) is 3.00. The number of anilines is 2. The van der Waals surface area contributed by atoms with Gasteiger partial charge in [-0.15, -0.1) is 0 Å². The fraction of sp³-hybridized carbons (Fsp3) is 0.0667. The van der Waals surface area contributed by atoms with Crippen molar-refractivity contribution in [3.8, 4) is 0 Å². The molecule has 94 valence electrons. The SMILES string of the molecule is CON=C1C(=O)N(c2ccccc2)c2ccccc21. The Balaban J connectivity index is 2.18. The first-order valence-electron chi connectivity index (χ1n) is 5.93. The Labute approximate surface area is 110 Å². The molecule has 0 fully saturated rings. The van der Waals surface area contributed by atoms with Gasteiger partial charge in [0, 0.05) is 11.3 Å². The van der Waals surface area contributed by atoms with E-state index in [0.29, 0.717) is 5.71 Å². The summed E-state index contributed by atoms with van der Waals surface area (Å²) in [7, 11) is 1.44. The van der Waals surface area contributed by atoms with Crippen LogP contribution in [0.2, 0.25) is 0 Å². The molecule has 0 aromatic heterocycles. The van der Waals surface area contributed by atoms with E-state index in [1.165, 1.54) is 7.11 Å². The lowest BCUT2D eigenvalue weighted by atomic mass is 10.1. The minimum atomic E-state index is -0.172. The van der Waals surface area contributed by atoms with Crippen molar-refractivity contribution in [2.75, 3.05) is 12.0 Å². The molecule has 0 aliphatic carbocycles. The highest BCUT2D eigenvalue weighted by molar-refractivity contribution is 6.55. The fourth-order valence-corrected chi connectivity index (χ4v) is 2.21. The van der Waals surface area contributed by atoms with E-state index in [-0.39, 0.29) is 5.91 Å². The van der Waals surface area contributed by atoms with Gasteiger partial charge in [-0.1, -0.05) is 41.6 Å². The van der Waals surface area contributed by atoms with Gasteiger partial charge in [-0.2, -0.15) is 0 Å². The van der Waals surface area contributed by atoms with Crippen LogP contribution in [-0.2, 0) is 9.63 Å². The first-order valence-corrected chi connectivity index (χ1v) is 5.93. The molecule has 0 radical (unpaired) electrons. The zero-order valence-electron chi connectivity index (χ0n) is 10.4. The summed E-state index contributed by atoms with van der Waals surface area (Å²) in [6, 6.07) is 17.1. The van der Waals surface area contributed by atoms with Gasteiger partial charge in [-0.3, -0.25) is 9.69 Å². The summed E-state index contributed by atoms with van der Waals surface area (Å²) in [4.78, 5) is 18.9. The number of amides is 1. The van der Waals surface area contributed by atoms with Crippen LogP contribution in [0.3, 0.4) is 0 Å². The maximum Gasteiger partial charge on any atom is 0.285 e. The highest BCUT2D eigenvalue weighted by atomic mass is 16.6. The van der Waals surface area contributed by atoms with Gasteiger partial charge >= 0.3 is 0 Å². The first-order chi connectivity index (χ1) is 9.33. The molecule has 0 spiro atoms. The van der Waals surface area contributed by atoms with E-state index in [0.717, 1.165) is 16.9 Å². The van der Waals surface area contributed by atoms with Crippen molar-refractivity contribution in [1.29, 1.82) is 0 Å². The zero-order chi connectivity index (χ0) is 13.2. The van der Waals surface area contributed by atoms with Crippen LogP contribution >= 0.6 is 0 Å². The number of benzene rings is 2. The molecule has 1 amide bonds. The first kappa shape index (κ1) is 11.5. The Morgan fingerprint density at radius 1 is 1.00 bits per heavy atom. The number of hydrogen-bond donors (Lipinski definition) is 0. The van der Waals surface area contributed by atoms with Crippen LogP contribution in [-0.4, -0.2) is 18.7 Å². The van der Waals surface area contributed by atoms with Gasteiger partial charge in [0.2, 0.25) is 0 Å². The average molecular weight is 252 g/mol. The lowest BCUT2D eigenvalue weighted by molar-refractivity contribution is -0.111. The number of carbonyl (C=O) groups is 1. The molecule has 2 aromatic rings. The summed E-state index contributed by atoms with van der Waals surface area (Å²) in [6.45, 7) is 0. The summed E-state index contributed by atoms with van der Waals surface area (Å²) in [6.07, 6.45) is 0. The molecule has 0 atom stereocenters. The molecular weight excluding hydrogens is 240 g/mol. The van der Waals surface area contributed by atoms with Crippen LogP contribution in [0.15, 0.2) is 59.8 Å². The highest BCUT2D eigenvalue weighted by Gasteiger charge is 2.35. The lowest BCUT2D eigenvalue weighted by Gasteiger charge is -2.16. The number of nitrogens with zero attached hydrogens (tertiary/aromatic N) is 2. The van der Waals surface area contributed by atoms with E-state index in [1.54, 1.807) is 4.90 Å². The predicted octanol–water partition coefficient (Wildman–Crippen LogP) is 2.72. The quantitative estimate of drug-likeness (QED) is 0.771. The summed E-state index contributed by atoms with van der Waals surface area (Å²) in [5.41, 5.74) is 2.77. The van der Waals surface area contributed by atoms with Gasteiger partial charge in [0.05, 0.1) is 5.69 Å². The van der Waals surface area contributed by atoms with Gasteiger partial charge in [-0.25, -0.2) is 0 Å².